The van der Waals surface area contributed by atoms with Crippen LogP contribution in [0, 0.1) is 0 Å². The second-order valence-corrected chi connectivity index (χ2v) is 5.88. The molecule has 4 rings (SSSR count). The molecule has 3 aromatic rings. The molecule has 1 aromatic carbocycles. The number of anilines is 4. The quantitative estimate of drug-likeness (QED) is 0.528. The first-order valence-electron chi connectivity index (χ1n) is 7.93. The van der Waals surface area contributed by atoms with Gasteiger partial charge in [-0.05, 0) is 37.1 Å². The SMILES string of the molecule is O=C(O)c1cccc(Nc2nccc(Nc3cc(C4CC4)[nH]n3)n2)c1.[HH].[HH].[HH].[HH]. The van der Waals surface area contributed by atoms with E-state index in [0.29, 0.717) is 29.2 Å². The van der Waals surface area contributed by atoms with Crippen LogP contribution in [0.3, 0.4) is 0 Å². The lowest BCUT2D eigenvalue weighted by Crippen LogP contribution is -2.02. The van der Waals surface area contributed by atoms with Gasteiger partial charge in [-0.2, -0.15) is 10.1 Å². The van der Waals surface area contributed by atoms with Crippen LogP contribution >= 0.6 is 0 Å². The molecule has 0 saturated heterocycles. The van der Waals surface area contributed by atoms with E-state index >= 15 is 0 Å². The Morgan fingerprint density at radius 1 is 1.20 bits per heavy atom. The monoisotopic (exact) mass is 344 g/mol. The number of hydrogen-bond donors (Lipinski definition) is 4. The average Bonchev–Trinajstić information content (AvgIpc) is 3.35. The number of nitrogens with zero attached hydrogens (tertiary/aromatic N) is 3. The predicted molar refractivity (Wildman–Crippen MR) is 101 cm³/mol. The maximum atomic E-state index is 11.0. The van der Waals surface area contributed by atoms with E-state index < -0.39 is 5.97 Å². The Morgan fingerprint density at radius 3 is 2.88 bits per heavy atom. The smallest absolute Gasteiger partial charge is 0.335 e. The zero-order valence-corrected chi connectivity index (χ0v) is 13.2. The van der Waals surface area contributed by atoms with Gasteiger partial charge in [0.1, 0.15) is 5.82 Å². The molecular weight excluding hydrogens is 320 g/mol. The second kappa shape index (κ2) is 6.23. The van der Waals surface area contributed by atoms with Gasteiger partial charge in [0.15, 0.2) is 5.82 Å². The lowest BCUT2D eigenvalue weighted by atomic mass is 10.2. The lowest BCUT2D eigenvalue weighted by Gasteiger charge is -2.07. The van der Waals surface area contributed by atoms with Gasteiger partial charge in [-0.3, -0.25) is 5.10 Å². The van der Waals surface area contributed by atoms with Crippen LogP contribution in [0.1, 0.15) is 40.5 Å². The molecule has 8 nitrogen and oxygen atoms in total. The summed E-state index contributed by atoms with van der Waals surface area (Å²) in [5, 5.41) is 22.5. The third kappa shape index (κ3) is 3.57. The van der Waals surface area contributed by atoms with E-state index in [1.54, 1.807) is 24.4 Å². The Labute approximate surface area is 149 Å². The summed E-state index contributed by atoms with van der Waals surface area (Å²) in [6, 6.07) is 10.2. The zero-order chi connectivity index (χ0) is 17.2. The molecule has 8 heteroatoms. The highest BCUT2D eigenvalue weighted by molar-refractivity contribution is 5.89. The molecule has 0 spiro atoms. The van der Waals surface area contributed by atoms with Crippen molar-refractivity contribution >= 4 is 29.2 Å². The van der Waals surface area contributed by atoms with Crippen molar-refractivity contribution in [3.8, 4) is 0 Å². The van der Waals surface area contributed by atoms with Crippen molar-refractivity contribution in [2.75, 3.05) is 10.6 Å². The maximum absolute atomic E-state index is 11.0. The number of nitrogens with one attached hydrogen (secondary N) is 3. The molecule has 0 unspecified atom stereocenters. The average molecular weight is 344 g/mol. The predicted octanol–water partition coefficient (Wildman–Crippen LogP) is 4.25. The highest BCUT2D eigenvalue weighted by Gasteiger charge is 2.25. The van der Waals surface area contributed by atoms with E-state index in [9.17, 15) is 4.79 Å². The van der Waals surface area contributed by atoms with Crippen LogP contribution < -0.4 is 10.6 Å². The summed E-state index contributed by atoms with van der Waals surface area (Å²) in [6.45, 7) is 0. The van der Waals surface area contributed by atoms with E-state index in [1.165, 1.54) is 25.0 Å². The molecule has 0 radical (unpaired) electrons. The minimum Gasteiger partial charge on any atom is -0.478 e. The van der Waals surface area contributed by atoms with Crippen LogP contribution in [0.5, 0.6) is 0 Å². The van der Waals surface area contributed by atoms with Gasteiger partial charge >= 0.3 is 5.97 Å². The highest BCUT2D eigenvalue weighted by atomic mass is 16.4. The van der Waals surface area contributed by atoms with Crippen LogP contribution in [0.25, 0.3) is 0 Å². The fourth-order valence-corrected chi connectivity index (χ4v) is 2.48. The van der Waals surface area contributed by atoms with Gasteiger partial charge in [0.25, 0.3) is 0 Å². The molecule has 134 valence electrons. The summed E-state index contributed by atoms with van der Waals surface area (Å²) in [5.41, 5.74) is 1.94. The number of benzene rings is 1. The summed E-state index contributed by atoms with van der Waals surface area (Å²) in [7, 11) is 0. The number of carboxylic acid groups (broad SMARTS) is 1. The van der Waals surface area contributed by atoms with Gasteiger partial charge < -0.3 is 15.7 Å². The number of H-pyrrole nitrogens is 1. The Bertz CT molecular complexity index is 936. The molecule has 25 heavy (non-hydrogen) atoms. The molecule has 1 aliphatic rings. The number of carbonyl (C=O) groups is 1. The fourth-order valence-electron chi connectivity index (χ4n) is 2.48. The van der Waals surface area contributed by atoms with Gasteiger partial charge in [-0.15, -0.1) is 0 Å². The molecule has 0 bridgehead atoms. The van der Waals surface area contributed by atoms with Gasteiger partial charge in [-0.1, -0.05) is 6.07 Å². The molecule has 1 aliphatic carbocycles. The second-order valence-electron chi connectivity index (χ2n) is 5.88. The van der Waals surface area contributed by atoms with Gasteiger partial charge in [0.05, 0.1) is 5.56 Å². The molecular formula is C17H24N6O2. The van der Waals surface area contributed by atoms with Crippen LogP contribution in [-0.2, 0) is 0 Å². The normalized spacial score (nSPS) is 13.4. The molecule has 2 heterocycles. The Morgan fingerprint density at radius 2 is 2.08 bits per heavy atom. The van der Waals surface area contributed by atoms with Crippen molar-refractivity contribution in [2.24, 2.45) is 0 Å². The van der Waals surface area contributed by atoms with E-state index in [4.69, 9.17) is 5.11 Å². The summed E-state index contributed by atoms with van der Waals surface area (Å²) < 4.78 is 0. The minimum absolute atomic E-state index is 0. The fraction of sp³-hybridized carbons (Fsp3) is 0.176. The Kier molecular flexibility index (Phi) is 3.77. The first-order chi connectivity index (χ1) is 12.2. The van der Waals surface area contributed by atoms with E-state index in [2.05, 4.69) is 30.8 Å². The maximum Gasteiger partial charge on any atom is 0.335 e. The third-order valence-electron chi connectivity index (χ3n) is 3.89. The molecule has 0 amide bonds. The number of aromatic carboxylic acids is 1. The van der Waals surface area contributed by atoms with Crippen LogP contribution in [0.2, 0.25) is 0 Å². The molecule has 0 atom stereocenters. The van der Waals surface area contributed by atoms with E-state index in [-0.39, 0.29) is 11.3 Å². The molecule has 0 aliphatic heterocycles. The van der Waals surface area contributed by atoms with Gasteiger partial charge in [0, 0.05) is 35.3 Å². The Balaban J connectivity index is 0.00000196. The molecule has 1 fully saturated rings. The molecule has 4 N–H and O–H groups in total. The largest absolute Gasteiger partial charge is 0.478 e. The van der Waals surface area contributed by atoms with Gasteiger partial charge in [-0.25, -0.2) is 9.78 Å². The van der Waals surface area contributed by atoms with Crippen LogP contribution in [0.4, 0.5) is 23.3 Å². The van der Waals surface area contributed by atoms with E-state index in [0.717, 1.165) is 5.69 Å². The first-order valence-corrected chi connectivity index (χ1v) is 7.93. The van der Waals surface area contributed by atoms with Crippen molar-refractivity contribution in [3.63, 3.8) is 0 Å². The van der Waals surface area contributed by atoms with Crippen LogP contribution in [-0.4, -0.2) is 31.2 Å². The first kappa shape index (κ1) is 15.1. The number of rotatable bonds is 6. The lowest BCUT2D eigenvalue weighted by molar-refractivity contribution is 0.0697. The van der Waals surface area contributed by atoms with Crippen LogP contribution in [0.15, 0.2) is 42.6 Å². The number of aromatic nitrogens is 4. The number of aromatic amines is 1. The zero-order valence-electron chi connectivity index (χ0n) is 13.2. The molecule has 1 saturated carbocycles. The summed E-state index contributed by atoms with van der Waals surface area (Å²) >= 11 is 0. The van der Waals surface area contributed by atoms with Gasteiger partial charge in [0.2, 0.25) is 5.95 Å². The number of carboxylic acids is 1. The standard InChI is InChI=1S/C17H16N6O2.4H2/c24-16(25)11-2-1-3-12(8-11)19-17-18-7-6-14(21-17)20-15-9-13(22-23-15)10-4-5-10;;;;/h1-3,6-10H,4-5H2,(H,24,25)(H3,18,19,20,21,22,23);4*1H. The van der Waals surface area contributed by atoms with Crippen molar-refractivity contribution < 1.29 is 15.6 Å². The molecule has 2 aromatic heterocycles. The summed E-state index contributed by atoms with van der Waals surface area (Å²) in [5.74, 6) is 1.29. The Hall–Kier alpha value is -3.42. The highest BCUT2D eigenvalue weighted by Crippen LogP contribution is 2.39. The summed E-state index contributed by atoms with van der Waals surface area (Å²) in [6.07, 6.45) is 4.03. The van der Waals surface area contributed by atoms with Crippen molar-refractivity contribution in [1.29, 1.82) is 0 Å². The summed E-state index contributed by atoms with van der Waals surface area (Å²) in [4.78, 5) is 19.6. The van der Waals surface area contributed by atoms with Crippen molar-refractivity contribution in [3.05, 3.63) is 53.9 Å². The van der Waals surface area contributed by atoms with Crippen molar-refractivity contribution in [2.45, 2.75) is 18.8 Å². The van der Waals surface area contributed by atoms with Crippen molar-refractivity contribution in [1.82, 2.24) is 20.2 Å². The minimum atomic E-state index is -0.981. The third-order valence-corrected chi connectivity index (χ3v) is 3.89. The topological polar surface area (TPSA) is 116 Å². The number of hydrogen-bond acceptors (Lipinski definition) is 6. The van der Waals surface area contributed by atoms with E-state index in [1.807, 2.05) is 6.07 Å².